The highest BCUT2D eigenvalue weighted by Crippen LogP contribution is 2.46. The largest absolute Gasteiger partial charge is 0.504 e. The van der Waals surface area contributed by atoms with E-state index in [0.29, 0.717) is 23.4 Å². The number of ether oxygens (including phenoxy) is 2. The van der Waals surface area contributed by atoms with Crippen LogP contribution in [0.1, 0.15) is 50.4 Å². The zero-order valence-corrected chi connectivity index (χ0v) is 16.4. The van der Waals surface area contributed by atoms with Gasteiger partial charge < -0.3 is 24.8 Å². The number of aromatic amines is 2. The van der Waals surface area contributed by atoms with Gasteiger partial charge in [-0.15, -0.1) is 0 Å². The van der Waals surface area contributed by atoms with Crippen molar-refractivity contribution in [1.29, 1.82) is 0 Å². The average Bonchev–Trinajstić information content (AvgIpc) is 2.94. The fourth-order valence-corrected chi connectivity index (χ4v) is 3.92. The molecule has 0 bridgehead atoms. The van der Waals surface area contributed by atoms with E-state index in [-0.39, 0.29) is 29.6 Å². The van der Waals surface area contributed by atoms with Crippen LogP contribution in [0.25, 0.3) is 0 Å². The molecule has 8 nitrogen and oxygen atoms in total. The third-order valence-corrected chi connectivity index (χ3v) is 4.99. The number of aliphatic hydroxyl groups is 1. The summed E-state index contributed by atoms with van der Waals surface area (Å²) < 4.78 is 10.9. The molecule has 1 aliphatic rings. The number of rotatable bonds is 5. The molecule has 1 aromatic heterocycles. The first-order valence-electron chi connectivity index (χ1n) is 9.33. The van der Waals surface area contributed by atoms with Crippen LogP contribution in [0.2, 0.25) is 0 Å². The van der Waals surface area contributed by atoms with Crippen molar-refractivity contribution in [2.75, 3.05) is 6.61 Å². The number of hydrogen-bond donors (Lipinski definition) is 4. The van der Waals surface area contributed by atoms with Crippen molar-refractivity contribution in [1.82, 2.24) is 10.2 Å². The molecule has 0 unspecified atom stereocenters. The van der Waals surface area contributed by atoms with Crippen molar-refractivity contribution < 1.29 is 24.5 Å². The minimum Gasteiger partial charge on any atom is -0.504 e. The summed E-state index contributed by atoms with van der Waals surface area (Å²) in [6.45, 7) is 7.15. The number of phenolic OH excluding ortho intramolecular Hbond substituents is 1. The average molecular weight is 390 g/mol. The van der Waals surface area contributed by atoms with Gasteiger partial charge in [0.05, 0.1) is 24.2 Å². The molecule has 0 amide bonds. The summed E-state index contributed by atoms with van der Waals surface area (Å²) in [6, 6.07) is 4.67. The number of fused-ring (bicyclic) bond motifs is 1. The van der Waals surface area contributed by atoms with E-state index in [0.717, 1.165) is 0 Å². The van der Waals surface area contributed by atoms with Crippen molar-refractivity contribution in [3.05, 3.63) is 45.4 Å². The molecule has 0 saturated carbocycles. The van der Waals surface area contributed by atoms with Gasteiger partial charge in [0, 0.05) is 23.6 Å². The lowest BCUT2D eigenvalue weighted by molar-refractivity contribution is -0.163. The number of benzene rings is 1. The Balaban J connectivity index is 2.20. The molecule has 3 atom stereocenters. The van der Waals surface area contributed by atoms with Gasteiger partial charge in [-0.3, -0.25) is 14.7 Å². The molecular weight excluding hydrogens is 364 g/mol. The lowest BCUT2D eigenvalue weighted by Crippen LogP contribution is -2.50. The van der Waals surface area contributed by atoms with Gasteiger partial charge in [0.25, 0.3) is 5.56 Å². The van der Waals surface area contributed by atoms with E-state index in [2.05, 4.69) is 10.2 Å². The van der Waals surface area contributed by atoms with Crippen molar-refractivity contribution in [2.45, 2.75) is 51.7 Å². The van der Waals surface area contributed by atoms with Gasteiger partial charge in [-0.25, -0.2) is 0 Å². The standard InChI is InChI=1S/C20H26N2O6/c1-5-27-14-8-11(6-7-13(14)23)15-16-12(21-22-18(16)24)9-20(4,26)17(15)19(25)28-10(2)3/h6-8,10,15,17,23,26H,5,9H2,1-4H3,(H2,21,22,24)/t15-,17-,20-/m0/s1. The lowest BCUT2D eigenvalue weighted by atomic mass is 9.66. The zero-order chi connectivity index (χ0) is 20.6. The van der Waals surface area contributed by atoms with Crippen LogP contribution in [0, 0.1) is 5.92 Å². The van der Waals surface area contributed by atoms with E-state index in [4.69, 9.17) is 9.47 Å². The van der Waals surface area contributed by atoms with E-state index >= 15 is 0 Å². The van der Waals surface area contributed by atoms with Crippen molar-refractivity contribution in [2.24, 2.45) is 5.92 Å². The molecule has 1 aromatic carbocycles. The fourth-order valence-electron chi connectivity index (χ4n) is 3.92. The Bertz CT molecular complexity index is 927. The third-order valence-electron chi connectivity index (χ3n) is 4.99. The van der Waals surface area contributed by atoms with Gasteiger partial charge in [0.1, 0.15) is 0 Å². The van der Waals surface area contributed by atoms with Crippen LogP contribution >= 0.6 is 0 Å². The molecule has 152 valence electrons. The second-order valence-corrected chi connectivity index (χ2v) is 7.61. The second kappa shape index (κ2) is 7.35. The summed E-state index contributed by atoms with van der Waals surface area (Å²) >= 11 is 0. The molecule has 1 heterocycles. The number of esters is 1. The number of H-pyrrole nitrogens is 2. The first kappa shape index (κ1) is 20.0. The van der Waals surface area contributed by atoms with Gasteiger partial charge in [0.2, 0.25) is 0 Å². The van der Waals surface area contributed by atoms with Crippen LogP contribution in [-0.4, -0.2) is 44.7 Å². The number of phenols is 1. The number of hydrogen-bond acceptors (Lipinski definition) is 6. The highest BCUT2D eigenvalue weighted by Gasteiger charge is 2.51. The fraction of sp³-hybridized carbons (Fsp3) is 0.500. The molecular formula is C20H26N2O6. The Morgan fingerprint density at radius 3 is 2.71 bits per heavy atom. The van der Waals surface area contributed by atoms with Crippen LogP contribution < -0.4 is 10.3 Å². The minimum atomic E-state index is -1.45. The molecule has 0 saturated heterocycles. The SMILES string of the molecule is CCOc1cc([C@H]2c3c([nH][nH]c3=O)C[C@](C)(O)[C@@H]2C(=O)OC(C)C)ccc1O. The summed E-state index contributed by atoms with van der Waals surface area (Å²) in [5.41, 5.74) is -0.314. The normalized spacial score (nSPS) is 24.1. The Morgan fingerprint density at radius 1 is 1.36 bits per heavy atom. The van der Waals surface area contributed by atoms with E-state index in [1.807, 2.05) is 0 Å². The van der Waals surface area contributed by atoms with Crippen LogP contribution in [0.15, 0.2) is 23.0 Å². The molecule has 28 heavy (non-hydrogen) atoms. The maximum Gasteiger partial charge on any atom is 0.313 e. The number of aromatic hydroxyl groups is 1. The maximum absolute atomic E-state index is 12.9. The molecule has 2 aromatic rings. The van der Waals surface area contributed by atoms with Crippen LogP contribution in [0.3, 0.4) is 0 Å². The zero-order valence-electron chi connectivity index (χ0n) is 16.4. The number of aromatic nitrogens is 2. The van der Waals surface area contributed by atoms with Crippen molar-refractivity contribution >= 4 is 5.97 Å². The minimum absolute atomic E-state index is 0.0438. The number of nitrogens with one attached hydrogen (secondary N) is 2. The molecule has 0 fully saturated rings. The predicted molar refractivity (Wildman–Crippen MR) is 102 cm³/mol. The first-order valence-corrected chi connectivity index (χ1v) is 9.33. The van der Waals surface area contributed by atoms with Gasteiger partial charge in [-0.1, -0.05) is 6.07 Å². The topological polar surface area (TPSA) is 125 Å². The smallest absolute Gasteiger partial charge is 0.313 e. The van der Waals surface area contributed by atoms with Crippen LogP contribution in [0.4, 0.5) is 0 Å². The molecule has 3 rings (SSSR count). The number of carbonyl (C=O) groups is 1. The lowest BCUT2D eigenvalue weighted by Gasteiger charge is -2.40. The molecule has 4 N–H and O–H groups in total. The monoisotopic (exact) mass is 390 g/mol. The summed E-state index contributed by atoms with van der Waals surface area (Å²) in [5, 5.41) is 26.5. The molecule has 0 radical (unpaired) electrons. The molecule has 0 spiro atoms. The summed E-state index contributed by atoms with van der Waals surface area (Å²) in [7, 11) is 0. The van der Waals surface area contributed by atoms with E-state index < -0.39 is 23.4 Å². The van der Waals surface area contributed by atoms with E-state index in [9.17, 15) is 19.8 Å². The Morgan fingerprint density at radius 2 is 2.07 bits per heavy atom. The van der Waals surface area contributed by atoms with Gasteiger partial charge in [0.15, 0.2) is 11.5 Å². The third kappa shape index (κ3) is 3.52. The Kier molecular flexibility index (Phi) is 5.25. The van der Waals surface area contributed by atoms with Crippen LogP contribution in [0.5, 0.6) is 11.5 Å². The highest BCUT2D eigenvalue weighted by atomic mass is 16.5. The van der Waals surface area contributed by atoms with E-state index in [1.165, 1.54) is 6.07 Å². The van der Waals surface area contributed by atoms with Crippen molar-refractivity contribution in [3.63, 3.8) is 0 Å². The molecule has 0 aliphatic heterocycles. The highest BCUT2D eigenvalue weighted by molar-refractivity contribution is 5.77. The van der Waals surface area contributed by atoms with Crippen LogP contribution in [-0.2, 0) is 16.0 Å². The quantitative estimate of drug-likeness (QED) is 0.577. The Hall–Kier alpha value is -2.74. The molecule has 1 aliphatic carbocycles. The second-order valence-electron chi connectivity index (χ2n) is 7.61. The summed E-state index contributed by atoms with van der Waals surface area (Å²) in [5.74, 6) is -2.15. The predicted octanol–water partition coefficient (Wildman–Crippen LogP) is 1.81. The number of carbonyl (C=O) groups excluding carboxylic acids is 1. The first-order chi connectivity index (χ1) is 13.2. The van der Waals surface area contributed by atoms with Crippen molar-refractivity contribution in [3.8, 4) is 11.5 Å². The van der Waals surface area contributed by atoms with E-state index in [1.54, 1.807) is 39.8 Å². The van der Waals surface area contributed by atoms with Gasteiger partial charge >= 0.3 is 5.97 Å². The molecule has 8 heteroatoms. The summed E-state index contributed by atoms with van der Waals surface area (Å²) in [6.07, 6.45) is -0.264. The maximum atomic E-state index is 12.9. The van der Waals surface area contributed by atoms with Gasteiger partial charge in [-0.05, 0) is 45.4 Å². The summed E-state index contributed by atoms with van der Waals surface area (Å²) in [4.78, 5) is 25.5. The Labute approximate surface area is 162 Å². The van der Waals surface area contributed by atoms with Gasteiger partial charge in [-0.2, -0.15) is 0 Å².